The molecule has 0 saturated carbocycles. The molecule has 1 heterocycles. The maximum atomic E-state index is 13.6. The number of hydrogen-bond donors (Lipinski definition) is 0. The Hall–Kier alpha value is -2.54. The quantitative estimate of drug-likeness (QED) is 0.514. The minimum absolute atomic E-state index is 0.0312. The second-order valence-electron chi connectivity index (χ2n) is 8.27. The van der Waals surface area contributed by atoms with Gasteiger partial charge in [0.15, 0.2) is 0 Å². The van der Waals surface area contributed by atoms with Crippen LogP contribution in [0.3, 0.4) is 0 Å². The van der Waals surface area contributed by atoms with Crippen LogP contribution in [0.4, 0.5) is 0 Å². The van der Waals surface area contributed by atoms with Gasteiger partial charge in [0.1, 0.15) is 32.8 Å². The molecule has 0 bridgehead atoms. The molecule has 1 saturated heterocycles. The van der Waals surface area contributed by atoms with E-state index in [0.29, 0.717) is 11.5 Å². The average Bonchev–Trinajstić information content (AvgIpc) is 2.82. The van der Waals surface area contributed by atoms with E-state index in [-0.39, 0.29) is 40.9 Å². The van der Waals surface area contributed by atoms with Gasteiger partial charge in [-0.1, -0.05) is 0 Å². The molecule has 3 rings (SSSR count). The Morgan fingerprint density at radius 1 is 0.686 bits per heavy atom. The molecule has 0 N–H and O–H groups in total. The number of hydrogen-bond acceptors (Lipinski definition) is 8. The Labute approximate surface area is 207 Å². The number of rotatable bonds is 8. The molecule has 2 aromatic rings. The summed E-state index contributed by atoms with van der Waals surface area (Å²) in [5, 5.41) is 0. The number of methoxy groups -OCH3 is 4. The number of aryl methyl sites for hydroxylation is 2. The van der Waals surface area contributed by atoms with Gasteiger partial charge in [-0.2, -0.15) is 8.61 Å². The maximum absolute atomic E-state index is 13.6. The molecule has 0 unspecified atom stereocenters. The first-order valence-electron chi connectivity index (χ1n) is 10.9. The molecule has 2 aromatic carbocycles. The van der Waals surface area contributed by atoms with Gasteiger partial charge >= 0.3 is 0 Å². The van der Waals surface area contributed by atoms with Crippen LogP contribution in [-0.2, 0) is 20.0 Å². The van der Waals surface area contributed by atoms with E-state index in [2.05, 4.69) is 0 Å². The molecule has 35 heavy (non-hydrogen) atoms. The van der Waals surface area contributed by atoms with Crippen molar-refractivity contribution in [3.8, 4) is 23.0 Å². The Bertz CT molecular complexity index is 1310. The number of sulfonamides is 2. The monoisotopic (exact) mass is 528 g/mol. The van der Waals surface area contributed by atoms with Gasteiger partial charge in [0.25, 0.3) is 0 Å². The predicted molar refractivity (Wildman–Crippen MR) is 131 cm³/mol. The molecule has 0 aromatic heterocycles. The maximum Gasteiger partial charge on any atom is 0.247 e. The zero-order valence-corrected chi connectivity index (χ0v) is 22.6. The summed E-state index contributed by atoms with van der Waals surface area (Å²) in [4.78, 5) is -0.0635. The molecule has 0 aliphatic carbocycles. The summed E-state index contributed by atoms with van der Waals surface area (Å²) >= 11 is 0. The Morgan fingerprint density at radius 2 is 1.11 bits per heavy atom. The third kappa shape index (κ3) is 4.92. The van der Waals surface area contributed by atoms with Crippen molar-refractivity contribution in [2.75, 3.05) is 48.1 Å². The van der Waals surface area contributed by atoms with E-state index in [0.717, 1.165) is 11.1 Å². The standard InChI is InChI=1S/C23H32N2O8S2/c1-15-10-20(32-6)22(12-18(15)30-4)34(26,27)24-8-9-25(17(3)14-24)35(28,29)23-13-19(31-5)16(2)11-21(23)33-7/h10-13,17H,8-9,14H2,1-7H3/t17-/m0/s1. The summed E-state index contributed by atoms with van der Waals surface area (Å²) in [7, 11) is -2.26. The highest BCUT2D eigenvalue weighted by Gasteiger charge is 2.40. The van der Waals surface area contributed by atoms with Crippen molar-refractivity contribution in [1.82, 2.24) is 8.61 Å². The van der Waals surface area contributed by atoms with Crippen molar-refractivity contribution in [2.24, 2.45) is 0 Å². The van der Waals surface area contributed by atoms with Gasteiger partial charge in [-0.3, -0.25) is 0 Å². The lowest BCUT2D eigenvalue weighted by Gasteiger charge is -2.38. The highest BCUT2D eigenvalue weighted by Crippen LogP contribution is 2.37. The Morgan fingerprint density at radius 3 is 1.51 bits per heavy atom. The van der Waals surface area contributed by atoms with E-state index in [9.17, 15) is 16.8 Å². The summed E-state index contributed by atoms with van der Waals surface area (Å²) in [5.41, 5.74) is 1.46. The summed E-state index contributed by atoms with van der Waals surface area (Å²) in [6.07, 6.45) is 0. The fourth-order valence-corrected chi connectivity index (χ4v) is 7.63. The first kappa shape index (κ1) is 27.1. The average molecular weight is 529 g/mol. The first-order valence-corrected chi connectivity index (χ1v) is 13.8. The molecule has 0 amide bonds. The molecule has 1 atom stereocenters. The van der Waals surface area contributed by atoms with Crippen LogP contribution in [0.2, 0.25) is 0 Å². The smallest absolute Gasteiger partial charge is 0.247 e. The second kappa shape index (κ2) is 10.2. The number of piperazine rings is 1. The highest BCUT2D eigenvalue weighted by molar-refractivity contribution is 7.89. The lowest BCUT2D eigenvalue weighted by molar-refractivity contribution is 0.211. The summed E-state index contributed by atoms with van der Waals surface area (Å²) < 4.78 is 78.1. The van der Waals surface area contributed by atoms with Gasteiger partial charge in [0.05, 0.1) is 28.4 Å². The molecule has 12 heteroatoms. The molecule has 194 valence electrons. The van der Waals surface area contributed by atoms with E-state index >= 15 is 0 Å². The third-order valence-corrected chi connectivity index (χ3v) is 10.0. The van der Waals surface area contributed by atoms with E-state index in [4.69, 9.17) is 18.9 Å². The third-order valence-electron chi connectivity index (χ3n) is 6.10. The van der Waals surface area contributed by atoms with Gasteiger partial charge in [0, 0.05) is 37.8 Å². The number of ether oxygens (including phenoxy) is 4. The van der Waals surface area contributed by atoms with Crippen molar-refractivity contribution in [2.45, 2.75) is 36.6 Å². The summed E-state index contributed by atoms with van der Waals surface area (Å²) in [6, 6.07) is 5.43. The lowest BCUT2D eigenvalue weighted by Crippen LogP contribution is -2.55. The summed E-state index contributed by atoms with van der Waals surface area (Å²) in [5.74, 6) is 1.22. The molecule has 1 aliphatic rings. The van der Waals surface area contributed by atoms with Crippen LogP contribution >= 0.6 is 0 Å². The minimum Gasteiger partial charge on any atom is -0.496 e. The normalized spacial score (nSPS) is 17.7. The van der Waals surface area contributed by atoms with E-state index in [1.165, 1.54) is 49.2 Å². The molecule has 0 spiro atoms. The molecule has 1 fully saturated rings. The van der Waals surface area contributed by atoms with Gasteiger partial charge in [-0.15, -0.1) is 0 Å². The van der Waals surface area contributed by atoms with Gasteiger partial charge in [0.2, 0.25) is 20.0 Å². The van der Waals surface area contributed by atoms with Crippen LogP contribution in [0.5, 0.6) is 23.0 Å². The minimum atomic E-state index is -4.00. The van der Waals surface area contributed by atoms with Crippen LogP contribution in [-0.4, -0.2) is 79.6 Å². The van der Waals surface area contributed by atoms with Crippen LogP contribution < -0.4 is 18.9 Å². The molecular weight excluding hydrogens is 496 g/mol. The molecule has 10 nitrogen and oxygen atoms in total. The van der Waals surface area contributed by atoms with E-state index in [1.54, 1.807) is 32.9 Å². The van der Waals surface area contributed by atoms with Gasteiger partial charge < -0.3 is 18.9 Å². The molecular formula is C23H32N2O8S2. The van der Waals surface area contributed by atoms with Crippen molar-refractivity contribution < 1.29 is 35.8 Å². The van der Waals surface area contributed by atoms with Gasteiger partial charge in [-0.05, 0) is 44.0 Å². The second-order valence-corrected chi connectivity index (χ2v) is 12.0. The lowest BCUT2D eigenvalue weighted by atomic mass is 10.2. The number of nitrogens with zero attached hydrogens (tertiary/aromatic N) is 2. The topological polar surface area (TPSA) is 112 Å². The SMILES string of the molecule is COc1cc(S(=O)(=O)N2CCN(S(=O)(=O)c3cc(OC)c(C)cc3OC)[C@@H](C)C2)c(OC)cc1C. The zero-order valence-electron chi connectivity index (χ0n) is 21.0. The molecule has 1 aliphatic heterocycles. The van der Waals surface area contributed by atoms with Crippen LogP contribution in [0, 0.1) is 13.8 Å². The largest absolute Gasteiger partial charge is 0.496 e. The van der Waals surface area contributed by atoms with Crippen LogP contribution in [0.25, 0.3) is 0 Å². The van der Waals surface area contributed by atoms with Crippen molar-refractivity contribution in [3.05, 3.63) is 35.4 Å². The fourth-order valence-electron chi connectivity index (χ4n) is 4.20. The van der Waals surface area contributed by atoms with Crippen LogP contribution in [0.1, 0.15) is 18.1 Å². The highest BCUT2D eigenvalue weighted by atomic mass is 32.2. The van der Waals surface area contributed by atoms with Crippen molar-refractivity contribution in [3.63, 3.8) is 0 Å². The van der Waals surface area contributed by atoms with E-state index < -0.39 is 26.1 Å². The summed E-state index contributed by atoms with van der Waals surface area (Å²) in [6.45, 7) is 5.15. The first-order chi connectivity index (χ1) is 16.4. The molecule has 0 radical (unpaired) electrons. The Balaban J connectivity index is 1.95. The van der Waals surface area contributed by atoms with Crippen molar-refractivity contribution in [1.29, 1.82) is 0 Å². The van der Waals surface area contributed by atoms with Crippen LogP contribution in [0.15, 0.2) is 34.1 Å². The predicted octanol–water partition coefficient (Wildman–Crippen LogP) is 2.42. The fraction of sp³-hybridized carbons (Fsp3) is 0.478. The van der Waals surface area contributed by atoms with E-state index in [1.807, 2.05) is 0 Å². The van der Waals surface area contributed by atoms with Gasteiger partial charge in [-0.25, -0.2) is 16.8 Å². The Kier molecular flexibility index (Phi) is 7.89. The zero-order chi connectivity index (χ0) is 26.1. The number of benzene rings is 2. The van der Waals surface area contributed by atoms with Crippen molar-refractivity contribution >= 4 is 20.0 Å².